The summed E-state index contributed by atoms with van der Waals surface area (Å²) >= 11 is 1.55. The third kappa shape index (κ3) is 5.54. The van der Waals surface area contributed by atoms with Crippen LogP contribution in [0.15, 0.2) is 58.3 Å². The van der Waals surface area contributed by atoms with Gasteiger partial charge in [-0.2, -0.15) is 0 Å². The van der Waals surface area contributed by atoms with Gasteiger partial charge in [-0.1, -0.05) is 37.0 Å². The molecule has 0 radical (unpaired) electrons. The van der Waals surface area contributed by atoms with Crippen LogP contribution in [0.5, 0.6) is 0 Å². The smallest absolute Gasteiger partial charge is 0.264 e. The lowest BCUT2D eigenvalue weighted by Gasteiger charge is -2.27. The first kappa shape index (κ1) is 21.7. The predicted octanol–water partition coefficient (Wildman–Crippen LogP) is 4.36. The molecule has 1 fully saturated rings. The fourth-order valence-corrected chi connectivity index (χ4v) is 5.38. The second kappa shape index (κ2) is 9.67. The number of benzene rings is 2. The van der Waals surface area contributed by atoms with E-state index in [0.29, 0.717) is 5.69 Å². The van der Waals surface area contributed by atoms with Crippen LogP contribution in [0.25, 0.3) is 0 Å². The van der Waals surface area contributed by atoms with Crippen molar-refractivity contribution in [2.75, 3.05) is 17.1 Å². The topological polar surface area (TPSA) is 66.5 Å². The lowest BCUT2D eigenvalue weighted by atomic mass is 9.95. The number of nitrogens with zero attached hydrogens (tertiary/aromatic N) is 1. The first-order chi connectivity index (χ1) is 13.9. The van der Waals surface area contributed by atoms with Gasteiger partial charge in [0.1, 0.15) is 6.54 Å². The van der Waals surface area contributed by atoms with Crippen LogP contribution in [0.1, 0.15) is 37.7 Å². The van der Waals surface area contributed by atoms with Gasteiger partial charge in [-0.05, 0) is 62.4 Å². The van der Waals surface area contributed by atoms with Gasteiger partial charge in [-0.15, -0.1) is 11.8 Å². The van der Waals surface area contributed by atoms with E-state index in [-0.39, 0.29) is 23.4 Å². The van der Waals surface area contributed by atoms with Gasteiger partial charge in [0.15, 0.2) is 0 Å². The molecule has 5 nitrogen and oxygen atoms in total. The molecule has 7 heteroatoms. The molecular formula is C22H28N2O3S2. The van der Waals surface area contributed by atoms with Gasteiger partial charge in [-0.3, -0.25) is 9.10 Å². The van der Waals surface area contributed by atoms with Crippen LogP contribution in [0.3, 0.4) is 0 Å². The molecule has 0 atom stereocenters. The molecule has 1 aliphatic carbocycles. The van der Waals surface area contributed by atoms with Crippen molar-refractivity contribution in [3.63, 3.8) is 0 Å². The van der Waals surface area contributed by atoms with E-state index in [1.54, 1.807) is 48.2 Å². The van der Waals surface area contributed by atoms with E-state index in [0.717, 1.165) is 36.1 Å². The zero-order valence-electron chi connectivity index (χ0n) is 16.9. The van der Waals surface area contributed by atoms with Crippen molar-refractivity contribution < 1.29 is 13.2 Å². The number of anilines is 1. The summed E-state index contributed by atoms with van der Waals surface area (Å²) in [5, 5.41) is 3.02. The van der Waals surface area contributed by atoms with Crippen molar-refractivity contribution in [3.05, 3.63) is 54.1 Å². The molecule has 0 bridgehead atoms. The summed E-state index contributed by atoms with van der Waals surface area (Å²) in [6.45, 7) is 1.71. The summed E-state index contributed by atoms with van der Waals surface area (Å²) in [4.78, 5) is 13.9. The highest BCUT2D eigenvalue weighted by molar-refractivity contribution is 7.98. The van der Waals surface area contributed by atoms with Gasteiger partial charge in [-0.25, -0.2) is 8.42 Å². The zero-order chi connectivity index (χ0) is 20.9. The van der Waals surface area contributed by atoms with E-state index < -0.39 is 10.0 Å². The molecule has 1 amide bonds. The van der Waals surface area contributed by atoms with E-state index in [2.05, 4.69) is 5.32 Å². The summed E-state index contributed by atoms with van der Waals surface area (Å²) in [6.07, 6.45) is 7.26. The van der Waals surface area contributed by atoms with Crippen molar-refractivity contribution in [1.29, 1.82) is 0 Å². The molecule has 29 heavy (non-hydrogen) atoms. The summed E-state index contributed by atoms with van der Waals surface area (Å²) in [7, 11) is -3.86. The number of hydrogen-bond donors (Lipinski definition) is 1. The van der Waals surface area contributed by atoms with Crippen molar-refractivity contribution in [3.8, 4) is 0 Å². The number of nitrogens with one attached hydrogen (secondary N) is 1. The molecule has 2 aromatic carbocycles. The van der Waals surface area contributed by atoms with Crippen LogP contribution < -0.4 is 9.62 Å². The predicted molar refractivity (Wildman–Crippen MR) is 119 cm³/mol. The third-order valence-corrected chi connectivity index (χ3v) is 7.76. The number of aryl methyl sites for hydroxylation is 1. The molecular weight excluding hydrogens is 404 g/mol. The molecule has 0 aliphatic heterocycles. The number of sulfonamides is 1. The summed E-state index contributed by atoms with van der Waals surface area (Å²) < 4.78 is 28.0. The minimum Gasteiger partial charge on any atom is -0.352 e. The highest BCUT2D eigenvalue weighted by atomic mass is 32.2. The van der Waals surface area contributed by atoms with E-state index >= 15 is 0 Å². The van der Waals surface area contributed by atoms with Crippen LogP contribution in [-0.2, 0) is 14.8 Å². The minimum atomic E-state index is -3.86. The Balaban J connectivity index is 1.87. The van der Waals surface area contributed by atoms with Gasteiger partial charge in [0.2, 0.25) is 5.91 Å². The largest absolute Gasteiger partial charge is 0.352 e. The van der Waals surface area contributed by atoms with Crippen molar-refractivity contribution in [2.24, 2.45) is 0 Å². The SMILES string of the molecule is CSc1ccc(S(=O)(=O)N(CC(=O)NC2CCCCC2)c2ccc(C)cc2)cc1. The van der Waals surface area contributed by atoms with E-state index in [9.17, 15) is 13.2 Å². The van der Waals surface area contributed by atoms with Crippen molar-refractivity contribution in [2.45, 2.75) is 54.9 Å². The zero-order valence-corrected chi connectivity index (χ0v) is 18.6. The highest BCUT2D eigenvalue weighted by Crippen LogP contribution is 2.26. The molecule has 0 aromatic heterocycles. The third-order valence-electron chi connectivity index (χ3n) is 5.23. The van der Waals surface area contributed by atoms with E-state index in [1.165, 1.54) is 10.7 Å². The van der Waals surface area contributed by atoms with Gasteiger partial charge >= 0.3 is 0 Å². The Morgan fingerprint density at radius 2 is 1.66 bits per heavy atom. The highest BCUT2D eigenvalue weighted by Gasteiger charge is 2.28. The molecule has 1 saturated carbocycles. The lowest BCUT2D eigenvalue weighted by molar-refractivity contribution is -0.120. The van der Waals surface area contributed by atoms with Crippen LogP contribution in [0.4, 0.5) is 5.69 Å². The molecule has 3 rings (SSSR count). The molecule has 0 unspecified atom stereocenters. The normalized spacial score (nSPS) is 15.1. The maximum atomic E-state index is 13.4. The number of amides is 1. The summed E-state index contributed by atoms with van der Waals surface area (Å²) in [5.74, 6) is -0.262. The van der Waals surface area contributed by atoms with E-state index in [1.807, 2.05) is 25.3 Å². The average molecular weight is 433 g/mol. The van der Waals surface area contributed by atoms with Gasteiger partial charge in [0, 0.05) is 10.9 Å². The molecule has 2 aromatic rings. The fraction of sp³-hybridized carbons (Fsp3) is 0.409. The Morgan fingerprint density at radius 1 is 1.03 bits per heavy atom. The Bertz CT molecular complexity index is 920. The monoisotopic (exact) mass is 432 g/mol. The Labute approximate surface area is 177 Å². The Hall–Kier alpha value is -1.99. The second-order valence-electron chi connectivity index (χ2n) is 7.43. The van der Waals surface area contributed by atoms with Gasteiger partial charge in [0.25, 0.3) is 10.0 Å². The summed E-state index contributed by atoms with van der Waals surface area (Å²) in [5.41, 5.74) is 1.52. The quantitative estimate of drug-likeness (QED) is 0.660. The van der Waals surface area contributed by atoms with Gasteiger partial charge in [0.05, 0.1) is 10.6 Å². The number of carbonyl (C=O) groups is 1. The molecule has 1 aliphatic rings. The van der Waals surface area contributed by atoms with Crippen LogP contribution >= 0.6 is 11.8 Å². The molecule has 0 heterocycles. The van der Waals surface area contributed by atoms with Crippen molar-refractivity contribution in [1.82, 2.24) is 5.32 Å². The van der Waals surface area contributed by atoms with Crippen molar-refractivity contribution >= 4 is 33.4 Å². The van der Waals surface area contributed by atoms with E-state index in [4.69, 9.17) is 0 Å². The Morgan fingerprint density at radius 3 is 2.24 bits per heavy atom. The maximum Gasteiger partial charge on any atom is 0.264 e. The second-order valence-corrected chi connectivity index (χ2v) is 10.2. The number of rotatable bonds is 7. The van der Waals surface area contributed by atoms with Crippen LogP contribution in [0.2, 0.25) is 0 Å². The van der Waals surface area contributed by atoms with Crippen LogP contribution in [-0.4, -0.2) is 33.2 Å². The minimum absolute atomic E-state index is 0.139. The number of thioether (sulfide) groups is 1. The summed E-state index contributed by atoms with van der Waals surface area (Å²) in [6, 6.07) is 14.1. The molecule has 0 spiro atoms. The Kier molecular flexibility index (Phi) is 7.24. The number of hydrogen-bond acceptors (Lipinski definition) is 4. The molecule has 156 valence electrons. The fourth-order valence-electron chi connectivity index (χ4n) is 3.55. The standard InChI is InChI=1S/C22H28N2O3S2/c1-17-8-10-19(11-9-17)24(16-22(25)23-18-6-4-3-5-7-18)29(26,27)21-14-12-20(28-2)13-15-21/h8-15,18H,3-7,16H2,1-2H3,(H,23,25). The molecule has 0 saturated heterocycles. The lowest BCUT2D eigenvalue weighted by Crippen LogP contribution is -2.44. The maximum absolute atomic E-state index is 13.4. The first-order valence-corrected chi connectivity index (χ1v) is 12.6. The van der Waals surface area contributed by atoms with Crippen LogP contribution in [0, 0.1) is 6.92 Å². The molecule has 1 N–H and O–H groups in total. The number of carbonyl (C=O) groups excluding carboxylic acids is 1. The first-order valence-electron chi connectivity index (χ1n) is 9.93. The average Bonchev–Trinajstić information content (AvgIpc) is 2.73. The van der Waals surface area contributed by atoms with Gasteiger partial charge < -0.3 is 5.32 Å².